The molecule has 0 N–H and O–H groups in total. The molecule has 0 amide bonds. The van der Waals surface area contributed by atoms with E-state index in [9.17, 15) is 0 Å². The van der Waals surface area contributed by atoms with Gasteiger partial charge in [0.2, 0.25) is 0 Å². The third-order valence-electron chi connectivity index (χ3n) is 8.48. The van der Waals surface area contributed by atoms with Gasteiger partial charge in [-0.15, -0.1) is 0 Å². The lowest BCUT2D eigenvalue weighted by atomic mass is 9.49. The molecular formula is C27H46N2. The second-order valence-corrected chi connectivity index (χ2v) is 11.0. The van der Waals surface area contributed by atoms with E-state index in [2.05, 4.69) is 23.9 Å². The number of hydrogen-bond acceptors (Lipinski definition) is 1. The molecule has 1 aromatic heterocycles. The van der Waals surface area contributed by atoms with Crippen molar-refractivity contribution in [2.45, 2.75) is 134 Å². The van der Waals surface area contributed by atoms with Gasteiger partial charge in [-0.2, -0.15) is 0 Å². The summed E-state index contributed by atoms with van der Waals surface area (Å²) in [6.45, 7) is 3.51. The Labute approximate surface area is 180 Å². The molecule has 0 radical (unpaired) electrons. The number of rotatable bonds is 14. The van der Waals surface area contributed by atoms with Crippen LogP contribution in [-0.2, 0) is 12.0 Å². The third-order valence-corrected chi connectivity index (χ3v) is 8.48. The van der Waals surface area contributed by atoms with Crippen LogP contribution in [0.3, 0.4) is 0 Å². The van der Waals surface area contributed by atoms with Gasteiger partial charge in [0, 0.05) is 24.4 Å². The zero-order valence-electron chi connectivity index (χ0n) is 19.2. The van der Waals surface area contributed by atoms with Gasteiger partial charge in [-0.25, -0.2) is 4.98 Å². The third kappa shape index (κ3) is 5.47. The van der Waals surface area contributed by atoms with Crippen LogP contribution >= 0.6 is 0 Å². The highest BCUT2D eigenvalue weighted by molar-refractivity contribution is 5.18. The summed E-state index contributed by atoms with van der Waals surface area (Å²) in [5.41, 5.74) is 0.454. The molecule has 1 heterocycles. The van der Waals surface area contributed by atoms with Crippen molar-refractivity contribution in [3.05, 3.63) is 18.2 Å². The van der Waals surface area contributed by atoms with E-state index in [1.807, 2.05) is 0 Å². The van der Waals surface area contributed by atoms with Crippen molar-refractivity contribution in [3.63, 3.8) is 0 Å². The SMILES string of the molecule is CCCCCCCCCCCCCCn1ccnc1C12CC3CC(CC(C3)C1)C2. The molecule has 0 aromatic carbocycles. The Morgan fingerprint density at radius 2 is 1.24 bits per heavy atom. The van der Waals surface area contributed by atoms with Crippen LogP contribution in [0.4, 0.5) is 0 Å². The van der Waals surface area contributed by atoms with Crippen molar-refractivity contribution in [1.29, 1.82) is 0 Å². The van der Waals surface area contributed by atoms with E-state index < -0.39 is 0 Å². The zero-order valence-corrected chi connectivity index (χ0v) is 19.2. The highest BCUT2D eigenvalue weighted by Gasteiger charge is 2.53. The average molecular weight is 399 g/mol. The number of aryl methyl sites for hydroxylation is 1. The van der Waals surface area contributed by atoms with Gasteiger partial charge < -0.3 is 4.57 Å². The van der Waals surface area contributed by atoms with E-state index in [1.54, 1.807) is 0 Å². The largest absolute Gasteiger partial charge is 0.334 e. The van der Waals surface area contributed by atoms with Crippen LogP contribution in [0, 0.1) is 17.8 Å². The number of aromatic nitrogens is 2. The summed E-state index contributed by atoms with van der Waals surface area (Å²) in [5, 5.41) is 0. The molecule has 2 nitrogen and oxygen atoms in total. The molecule has 0 saturated heterocycles. The quantitative estimate of drug-likeness (QED) is 0.290. The topological polar surface area (TPSA) is 17.8 Å². The van der Waals surface area contributed by atoms with Crippen molar-refractivity contribution < 1.29 is 0 Å². The molecule has 4 fully saturated rings. The lowest BCUT2D eigenvalue weighted by Crippen LogP contribution is -2.49. The van der Waals surface area contributed by atoms with Crippen molar-refractivity contribution in [1.82, 2.24) is 9.55 Å². The molecule has 2 heteroatoms. The molecule has 4 aliphatic carbocycles. The van der Waals surface area contributed by atoms with Crippen LogP contribution < -0.4 is 0 Å². The molecule has 4 aliphatic rings. The summed E-state index contributed by atoms with van der Waals surface area (Å²) < 4.78 is 2.56. The normalized spacial score (nSPS) is 30.3. The predicted molar refractivity (Wildman–Crippen MR) is 123 cm³/mol. The molecule has 164 valence electrons. The van der Waals surface area contributed by atoms with Crippen LogP contribution in [0.15, 0.2) is 12.4 Å². The van der Waals surface area contributed by atoms with E-state index in [0.29, 0.717) is 5.41 Å². The maximum Gasteiger partial charge on any atom is 0.114 e. The lowest BCUT2D eigenvalue weighted by molar-refractivity contribution is -0.0110. The van der Waals surface area contributed by atoms with Gasteiger partial charge in [0.15, 0.2) is 0 Å². The fraction of sp³-hybridized carbons (Fsp3) is 0.889. The highest BCUT2D eigenvalue weighted by atomic mass is 15.1. The van der Waals surface area contributed by atoms with Crippen LogP contribution in [0.5, 0.6) is 0 Å². The predicted octanol–water partition coefficient (Wildman–Crippen LogP) is 8.05. The fourth-order valence-corrected chi connectivity index (χ4v) is 7.46. The molecule has 4 saturated carbocycles. The summed E-state index contributed by atoms with van der Waals surface area (Å²) in [4.78, 5) is 4.94. The molecule has 29 heavy (non-hydrogen) atoms. The number of imidazole rings is 1. The van der Waals surface area contributed by atoms with Crippen LogP contribution in [-0.4, -0.2) is 9.55 Å². The first-order valence-corrected chi connectivity index (χ1v) is 13.3. The van der Waals surface area contributed by atoms with Gasteiger partial charge in [-0.1, -0.05) is 77.6 Å². The molecule has 1 aromatic rings. The smallest absolute Gasteiger partial charge is 0.114 e. The lowest BCUT2D eigenvalue weighted by Gasteiger charge is -2.56. The van der Waals surface area contributed by atoms with Crippen molar-refractivity contribution in [2.75, 3.05) is 0 Å². The van der Waals surface area contributed by atoms with Gasteiger partial charge in [0.25, 0.3) is 0 Å². The Bertz CT molecular complexity index is 566. The molecule has 0 spiro atoms. The Morgan fingerprint density at radius 1 is 0.759 bits per heavy atom. The number of unbranched alkanes of at least 4 members (excludes halogenated alkanes) is 11. The van der Waals surface area contributed by atoms with Gasteiger partial charge in [-0.05, 0) is 62.7 Å². The summed E-state index contributed by atoms with van der Waals surface area (Å²) in [7, 11) is 0. The van der Waals surface area contributed by atoms with Gasteiger partial charge in [0.1, 0.15) is 5.82 Å². The minimum Gasteiger partial charge on any atom is -0.334 e. The second-order valence-electron chi connectivity index (χ2n) is 11.0. The molecule has 0 unspecified atom stereocenters. The Balaban J connectivity index is 1.12. The molecule has 0 aliphatic heterocycles. The Kier molecular flexibility index (Phi) is 7.76. The van der Waals surface area contributed by atoms with Crippen molar-refractivity contribution in [3.8, 4) is 0 Å². The average Bonchev–Trinajstić information content (AvgIpc) is 3.17. The van der Waals surface area contributed by atoms with Crippen molar-refractivity contribution >= 4 is 0 Å². The summed E-state index contributed by atoms with van der Waals surface area (Å²) >= 11 is 0. The monoisotopic (exact) mass is 398 g/mol. The van der Waals surface area contributed by atoms with Crippen LogP contribution in [0.2, 0.25) is 0 Å². The first kappa shape index (κ1) is 21.4. The minimum absolute atomic E-state index is 0.454. The fourth-order valence-electron chi connectivity index (χ4n) is 7.46. The number of nitrogens with zero attached hydrogens (tertiary/aromatic N) is 2. The Hall–Kier alpha value is -0.790. The van der Waals surface area contributed by atoms with Crippen LogP contribution in [0.1, 0.15) is 128 Å². The van der Waals surface area contributed by atoms with Crippen molar-refractivity contribution in [2.24, 2.45) is 17.8 Å². The van der Waals surface area contributed by atoms with Gasteiger partial charge in [-0.3, -0.25) is 0 Å². The molecular weight excluding hydrogens is 352 g/mol. The van der Waals surface area contributed by atoms with Gasteiger partial charge >= 0.3 is 0 Å². The minimum atomic E-state index is 0.454. The van der Waals surface area contributed by atoms with E-state index >= 15 is 0 Å². The summed E-state index contributed by atoms with van der Waals surface area (Å²) in [5.74, 6) is 4.51. The number of hydrogen-bond donors (Lipinski definition) is 0. The van der Waals surface area contributed by atoms with E-state index in [0.717, 1.165) is 17.8 Å². The molecule has 5 rings (SSSR count). The standard InChI is InChI=1S/C27H46N2/c1-2-3-4-5-6-7-8-9-10-11-12-13-15-29-16-14-28-26(29)27-20-23-17-24(21-27)19-25(18-23)22-27/h14,16,23-25H,2-13,15,17-22H2,1H3. The maximum absolute atomic E-state index is 4.94. The van der Waals surface area contributed by atoms with E-state index in [1.165, 1.54) is 128 Å². The van der Waals surface area contributed by atoms with E-state index in [4.69, 9.17) is 4.98 Å². The second kappa shape index (κ2) is 10.5. The maximum atomic E-state index is 4.94. The Morgan fingerprint density at radius 3 is 1.76 bits per heavy atom. The zero-order chi connectivity index (χ0) is 19.9. The first-order valence-electron chi connectivity index (χ1n) is 13.3. The highest BCUT2D eigenvalue weighted by Crippen LogP contribution is 2.60. The summed E-state index contributed by atoms with van der Waals surface area (Å²) in [6, 6.07) is 0. The molecule has 0 atom stereocenters. The van der Waals surface area contributed by atoms with Crippen LogP contribution in [0.25, 0.3) is 0 Å². The van der Waals surface area contributed by atoms with E-state index in [-0.39, 0.29) is 0 Å². The summed E-state index contributed by atoms with van der Waals surface area (Å²) in [6.07, 6.45) is 30.4. The molecule has 4 bridgehead atoms. The first-order chi connectivity index (χ1) is 14.3. The van der Waals surface area contributed by atoms with Gasteiger partial charge in [0.05, 0.1) is 0 Å².